The van der Waals surface area contributed by atoms with Crippen molar-refractivity contribution in [1.82, 2.24) is 14.5 Å². The Morgan fingerprint density at radius 2 is 2.00 bits per heavy atom. The third kappa shape index (κ3) is 4.53. The number of rotatable bonds is 6. The number of hydrogen-bond donors (Lipinski definition) is 1. The van der Waals surface area contributed by atoms with Crippen LogP contribution in [-0.2, 0) is 14.8 Å². The van der Waals surface area contributed by atoms with Gasteiger partial charge >= 0.3 is 0 Å². The number of aryl methyl sites for hydroxylation is 1. The molecule has 0 bridgehead atoms. The summed E-state index contributed by atoms with van der Waals surface area (Å²) in [7, 11) is -3.55. The van der Waals surface area contributed by atoms with Crippen molar-refractivity contribution in [2.24, 2.45) is 0 Å². The van der Waals surface area contributed by atoms with E-state index in [1.165, 1.54) is 4.31 Å². The van der Waals surface area contributed by atoms with Crippen LogP contribution in [-0.4, -0.2) is 62.8 Å². The Bertz CT molecular complexity index is 640. The molecule has 6 nitrogen and oxygen atoms in total. The maximum Gasteiger partial charge on any atom is 0.243 e. The number of hydrogen-bond acceptors (Lipinski definition) is 4. The van der Waals surface area contributed by atoms with Crippen LogP contribution in [0.15, 0.2) is 29.2 Å². The highest BCUT2D eigenvalue weighted by atomic mass is 32.2. The molecular weight excluding hydrogens is 314 g/mol. The molecule has 2 rings (SSSR count). The number of carbonyl (C=O) groups excluding carboxylic acids is 1. The highest BCUT2D eigenvalue weighted by Gasteiger charge is 2.25. The van der Waals surface area contributed by atoms with E-state index in [1.807, 2.05) is 13.0 Å². The highest BCUT2D eigenvalue weighted by Crippen LogP contribution is 2.17. The van der Waals surface area contributed by atoms with Gasteiger partial charge in [0.05, 0.1) is 4.90 Å². The van der Waals surface area contributed by atoms with Crippen molar-refractivity contribution in [2.75, 3.05) is 39.3 Å². The fourth-order valence-corrected chi connectivity index (χ4v) is 4.22. The SMILES string of the molecule is CCN(CCC(=O)N1CCNCC1)S(=O)(=O)c1cccc(C)c1. The first-order valence-electron chi connectivity index (χ1n) is 8.00. The Morgan fingerprint density at radius 1 is 1.30 bits per heavy atom. The van der Waals surface area contributed by atoms with E-state index in [4.69, 9.17) is 0 Å². The molecule has 0 atom stereocenters. The number of nitrogens with zero attached hydrogens (tertiary/aromatic N) is 2. The van der Waals surface area contributed by atoms with Crippen molar-refractivity contribution < 1.29 is 13.2 Å². The average Bonchev–Trinajstić information content (AvgIpc) is 2.56. The number of piperazine rings is 1. The monoisotopic (exact) mass is 339 g/mol. The summed E-state index contributed by atoms with van der Waals surface area (Å²) in [6.45, 7) is 7.20. The molecule has 1 aliphatic rings. The van der Waals surface area contributed by atoms with E-state index in [0.29, 0.717) is 19.6 Å². The van der Waals surface area contributed by atoms with Gasteiger partial charge in [0.25, 0.3) is 0 Å². The van der Waals surface area contributed by atoms with E-state index in [2.05, 4.69) is 5.32 Å². The molecule has 1 saturated heterocycles. The molecule has 7 heteroatoms. The van der Waals surface area contributed by atoms with E-state index < -0.39 is 10.0 Å². The zero-order valence-electron chi connectivity index (χ0n) is 13.8. The zero-order valence-corrected chi connectivity index (χ0v) is 14.6. The Hall–Kier alpha value is -1.44. The summed E-state index contributed by atoms with van der Waals surface area (Å²) in [5.74, 6) is 0.0180. The summed E-state index contributed by atoms with van der Waals surface area (Å²) in [6, 6.07) is 6.87. The maximum atomic E-state index is 12.7. The lowest BCUT2D eigenvalue weighted by atomic mass is 10.2. The molecule has 0 aromatic heterocycles. The van der Waals surface area contributed by atoms with Gasteiger partial charge < -0.3 is 10.2 Å². The standard InChI is InChI=1S/C16H25N3O3S/c1-3-19(10-7-16(20)18-11-8-17-9-12-18)23(21,22)15-6-4-5-14(2)13-15/h4-6,13,17H,3,7-12H2,1-2H3. The molecule has 23 heavy (non-hydrogen) atoms. The van der Waals surface area contributed by atoms with E-state index in [1.54, 1.807) is 30.0 Å². The Kier molecular flexibility index (Phi) is 6.15. The van der Waals surface area contributed by atoms with Crippen molar-refractivity contribution in [3.63, 3.8) is 0 Å². The topological polar surface area (TPSA) is 69.7 Å². The quantitative estimate of drug-likeness (QED) is 0.833. The molecule has 0 saturated carbocycles. The lowest BCUT2D eigenvalue weighted by molar-refractivity contribution is -0.131. The first-order valence-corrected chi connectivity index (χ1v) is 9.44. The minimum atomic E-state index is -3.55. The van der Waals surface area contributed by atoms with Crippen LogP contribution in [0.1, 0.15) is 18.9 Å². The number of nitrogens with one attached hydrogen (secondary N) is 1. The maximum absolute atomic E-state index is 12.7. The lowest BCUT2D eigenvalue weighted by Crippen LogP contribution is -2.47. The van der Waals surface area contributed by atoms with Gasteiger partial charge in [0.1, 0.15) is 0 Å². The summed E-state index contributed by atoms with van der Waals surface area (Å²) in [6.07, 6.45) is 0.221. The number of carbonyl (C=O) groups is 1. The van der Waals surface area contributed by atoms with Gasteiger partial charge in [-0.05, 0) is 24.6 Å². The van der Waals surface area contributed by atoms with E-state index in [9.17, 15) is 13.2 Å². The molecule has 0 spiro atoms. The molecule has 128 valence electrons. The van der Waals surface area contributed by atoms with Crippen LogP contribution in [0.25, 0.3) is 0 Å². The van der Waals surface area contributed by atoms with Gasteiger partial charge in [0, 0.05) is 45.7 Å². The fraction of sp³-hybridized carbons (Fsp3) is 0.562. The second-order valence-corrected chi connectivity index (χ2v) is 7.63. The molecule has 0 aliphatic carbocycles. The predicted octanol–water partition coefficient (Wildman–Crippen LogP) is 0.828. The first kappa shape index (κ1) is 17.9. The number of amides is 1. The normalized spacial score (nSPS) is 15.9. The van der Waals surface area contributed by atoms with Crippen LogP contribution in [0.4, 0.5) is 0 Å². The van der Waals surface area contributed by atoms with E-state index >= 15 is 0 Å². The van der Waals surface area contributed by atoms with Crippen LogP contribution < -0.4 is 5.32 Å². The van der Waals surface area contributed by atoms with E-state index in [0.717, 1.165) is 18.7 Å². The Balaban J connectivity index is 2.02. The van der Waals surface area contributed by atoms with E-state index in [-0.39, 0.29) is 23.8 Å². The summed E-state index contributed by atoms with van der Waals surface area (Å²) < 4.78 is 26.8. The molecule has 1 N–H and O–H groups in total. The van der Waals surface area contributed by atoms with Gasteiger partial charge in [-0.15, -0.1) is 0 Å². The number of sulfonamides is 1. The van der Waals surface area contributed by atoms with Crippen molar-refractivity contribution in [1.29, 1.82) is 0 Å². The summed E-state index contributed by atoms with van der Waals surface area (Å²) >= 11 is 0. The summed E-state index contributed by atoms with van der Waals surface area (Å²) in [5.41, 5.74) is 0.902. The van der Waals surface area contributed by atoms with Crippen molar-refractivity contribution in [3.8, 4) is 0 Å². The van der Waals surface area contributed by atoms with Gasteiger partial charge in [-0.25, -0.2) is 8.42 Å². The second-order valence-electron chi connectivity index (χ2n) is 5.69. The van der Waals surface area contributed by atoms with Crippen LogP contribution in [0.2, 0.25) is 0 Å². The van der Waals surface area contributed by atoms with Crippen LogP contribution in [0.5, 0.6) is 0 Å². The largest absolute Gasteiger partial charge is 0.340 e. The average molecular weight is 339 g/mol. The molecule has 1 amide bonds. The van der Waals surface area contributed by atoms with Crippen molar-refractivity contribution in [2.45, 2.75) is 25.2 Å². The summed E-state index contributed by atoms with van der Waals surface area (Å²) in [5, 5.41) is 3.20. The highest BCUT2D eigenvalue weighted by molar-refractivity contribution is 7.89. The van der Waals surface area contributed by atoms with Gasteiger partial charge in [0.2, 0.25) is 15.9 Å². The Morgan fingerprint density at radius 3 is 2.61 bits per heavy atom. The third-order valence-corrected chi connectivity index (χ3v) is 6.00. The van der Waals surface area contributed by atoms with Crippen LogP contribution in [0.3, 0.4) is 0 Å². The van der Waals surface area contributed by atoms with Crippen molar-refractivity contribution >= 4 is 15.9 Å². The molecule has 0 unspecified atom stereocenters. The second kappa shape index (κ2) is 7.90. The van der Waals surface area contributed by atoms with Crippen LogP contribution in [0, 0.1) is 6.92 Å². The molecule has 0 radical (unpaired) electrons. The fourth-order valence-electron chi connectivity index (χ4n) is 2.67. The smallest absolute Gasteiger partial charge is 0.243 e. The van der Waals surface area contributed by atoms with Gasteiger partial charge in [0.15, 0.2) is 0 Å². The number of benzene rings is 1. The molecule has 1 aromatic carbocycles. The molecule has 1 heterocycles. The Labute approximate surface area is 138 Å². The van der Waals surface area contributed by atoms with Gasteiger partial charge in [-0.1, -0.05) is 19.1 Å². The predicted molar refractivity (Wildman–Crippen MR) is 89.7 cm³/mol. The van der Waals surface area contributed by atoms with Crippen molar-refractivity contribution in [3.05, 3.63) is 29.8 Å². The summed E-state index contributed by atoms with van der Waals surface area (Å²) in [4.78, 5) is 14.3. The first-order chi connectivity index (χ1) is 10.9. The minimum absolute atomic E-state index is 0.0180. The van der Waals surface area contributed by atoms with Gasteiger partial charge in [-0.2, -0.15) is 4.31 Å². The molecule has 1 aromatic rings. The molecular formula is C16H25N3O3S. The van der Waals surface area contributed by atoms with Crippen LogP contribution >= 0.6 is 0 Å². The molecule has 1 fully saturated rings. The van der Waals surface area contributed by atoms with Gasteiger partial charge in [-0.3, -0.25) is 4.79 Å². The lowest BCUT2D eigenvalue weighted by Gasteiger charge is -2.28. The minimum Gasteiger partial charge on any atom is -0.340 e. The zero-order chi connectivity index (χ0) is 16.9. The molecule has 1 aliphatic heterocycles. The third-order valence-electron chi connectivity index (χ3n) is 4.02.